The number of ether oxygens (including phenoxy) is 1. The van der Waals surface area contributed by atoms with Crippen molar-refractivity contribution in [3.8, 4) is 0 Å². The molecule has 0 aromatic carbocycles. The molecule has 0 spiro atoms. The van der Waals surface area contributed by atoms with Gasteiger partial charge < -0.3 is 10.5 Å². The van der Waals surface area contributed by atoms with Crippen molar-refractivity contribution < 1.29 is 9.53 Å². The summed E-state index contributed by atoms with van der Waals surface area (Å²) in [5, 5.41) is 0. The Balaban J connectivity index is 0. The van der Waals surface area contributed by atoms with Crippen LogP contribution in [0.2, 0.25) is 0 Å². The van der Waals surface area contributed by atoms with Gasteiger partial charge in [-0.1, -0.05) is 26.2 Å². The predicted octanol–water partition coefficient (Wildman–Crippen LogP) is 2.57. The minimum atomic E-state index is -0.660. The lowest BCUT2D eigenvalue weighted by atomic mass is 10.0. The molecule has 0 aliphatic heterocycles. The summed E-state index contributed by atoms with van der Waals surface area (Å²) in [5.41, 5.74) is 5.68. The van der Waals surface area contributed by atoms with Crippen LogP contribution in [0.3, 0.4) is 0 Å². The maximum atomic E-state index is 11.4. The monoisotopic (exact) mass is 269 g/mol. The molecule has 1 atom stereocenters. The van der Waals surface area contributed by atoms with E-state index in [9.17, 15) is 4.79 Å². The van der Waals surface area contributed by atoms with Crippen LogP contribution in [0.15, 0.2) is 0 Å². The molecule has 3 nitrogen and oxygen atoms in total. The Labute approximate surface area is 110 Å². The lowest BCUT2D eigenvalue weighted by Gasteiger charge is -2.23. The molecule has 0 aliphatic carbocycles. The fraction of sp³-hybridized carbons (Fsp3) is 0.909. The highest BCUT2D eigenvalue weighted by atomic mass is 35.5. The van der Waals surface area contributed by atoms with Crippen molar-refractivity contribution in [2.45, 2.75) is 57.2 Å². The standard InChI is InChI=1S/C11H23NO2S.ClH/c1-4-5-6-7-8-14-10(13)9(12)11(2,3)15;/h9,15H,4-8,12H2,1-3H3;1H/t9-;/m0./s1. The Kier molecular flexibility index (Phi) is 10.5. The Morgan fingerprint density at radius 2 is 1.94 bits per heavy atom. The second-order valence-corrected chi connectivity index (χ2v) is 5.51. The van der Waals surface area contributed by atoms with Crippen molar-refractivity contribution in [1.29, 1.82) is 0 Å². The first-order valence-corrected chi connectivity index (χ1v) is 5.99. The number of hydrogen-bond donors (Lipinski definition) is 2. The van der Waals surface area contributed by atoms with Gasteiger partial charge in [0.15, 0.2) is 0 Å². The number of unbranched alkanes of at least 4 members (excludes halogenated alkanes) is 3. The number of rotatable bonds is 7. The molecule has 0 unspecified atom stereocenters. The summed E-state index contributed by atoms with van der Waals surface area (Å²) in [5.74, 6) is -0.355. The third kappa shape index (κ3) is 8.25. The Bertz CT molecular complexity index is 195. The van der Waals surface area contributed by atoms with E-state index in [0.717, 1.165) is 12.8 Å². The number of carbonyl (C=O) groups is 1. The lowest BCUT2D eigenvalue weighted by Crippen LogP contribution is -2.46. The van der Waals surface area contributed by atoms with E-state index in [0.29, 0.717) is 6.61 Å². The Hall–Kier alpha value is 0.0700. The fourth-order valence-corrected chi connectivity index (χ4v) is 1.19. The van der Waals surface area contributed by atoms with Crippen LogP contribution in [-0.2, 0) is 9.53 Å². The molecule has 0 fully saturated rings. The van der Waals surface area contributed by atoms with Gasteiger partial charge in [-0.25, -0.2) is 0 Å². The average molecular weight is 270 g/mol. The number of hydrogen-bond acceptors (Lipinski definition) is 4. The van der Waals surface area contributed by atoms with Gasteiger partial charge in [-0.15, -0.1) is 12.4 Å². The SMILES string of the molecule is CCCCCCOC(=O)[C@H](N)C(C)(C)S.Cl. The van der Waals surface area contributed by atoms with Crippen molar-refractivity contribution in [3.05, 3.63) is 0 Å². The topological polar surface area (TPSA) is 52.3 Å². The van der Waals surface area contributed by atoms with Crippen molar-refractivity contribution in [3.63, 3.8) is 0 Å². The summed E-state index contributed by atoms with van der Waals surface area (Å²) in [6.07, 6.45) is 4.38. The normalized spacial score (nSPS) is 12.8. The molecule has 0 bridgehead atoms. The molecule has 0 saturated heterocycles. The van der Waals surface area contributed by atoms with Crippen LogP contribution < -0.4 is 5.73 Å². The van der Waals surface area contributed by atoms with Gasteiger partial charge in [-0.05, 0) is 20.3 Å². The zero-order valence-corrected chi connectivity index (χ0v) is 12.1. The van der Waals surface area contributed by atoms with Gasteiger partial charge >= 0.3 is 5.97 Å². The van der Waals surface area contributed by atoms with Gasteiger partial charge in [0.2, 0.25) is 0 Å². The Morgan fingerprint density at radius 1 is 1.38 bits per heavy atom. The minimum absolute atomic E-state index is 0. The summed E-state index contributed by atoms with van der Waals surface area (Å²) in [7, 11) is 0. The van der Waals surface area contributed by atoms with Crippen molar-refractivity contribution in [2.75, 3.05) is 6.61 Å². The quantitative estimate of drug-likeness (QED) is 0.424. The van der Waals surface area contributed by atoms with Crippen molar-refractivity contribution >= 4 is 31.0 Å². The van der Waals surface area contributed by atoms with Crippen LogP contribution in [0.4, 0.5) is 0 Å². The van der Waals surface area contributed by atoms with Crippen LogP contribution in [0, 0.1) is 0 Å². The minimum Gasteiger partial charge on any atom is -0.464 e. The molecule has 0 amide bonds. The number of nitrogens with two attached hydrogens (primary N) is 1. The predicted molar refractivity (Wildman–Crippen MR) is 73.4 cm³/mol. The van der Waals surface area contributed by atoms with Crippen LogP contribution in [0.5, 0.6) is 0 Å². The summed E-state index contributed by atoms with van der Waals surface area (Å²) >= 11 is 4.24. The summed E-state index contributed by atoms with van der Waals surface area (Å²) in [6.45, 7) is 6.22. The first-order valence-electron chi connectivity index (χ1n) is 5.54. The van der Waals surface area contributed by atoms with E-state index in [1.165, 1.54) is 12.8 Å². The highest BCUT2D eigenvalue weighted by Gasteiger charge is 2.29. The van der Waals surface area contributed by atoms with Gasteiger partial charge in [0.05, 0.1) is 6.61 Å². The average Bonchev–Trinajstić information content (AvgIpc) is 2.14. The summed E-state index contributed by atoms with van der Waals surface area (Å²) in [6, 6.07) is -0.660. The number of carbonyl (C=O) groups excluding carboxylic acids is 1. The van der Waals surface area contributed by atoms with E-state index in [4.69, 9.17) is 10.5 Å². The Morgan fingerprint density at radius 3 is 2.38 bits per heavy atom. The van der Waals surface area contributed by atoms with Crippen LogP contribution in [0.1, 0.15) is 46.5 Å². The highest BCUT2D eigenvalue weighted by Crippen LogP contribution is 2.16. The molecule has 0 aromatic heterocycles. The molecule has 2 N–H and O–H groups in total. The third-order valence-electron chi connectivity index (χ3n) is 2.26. The van der Waals surface area contributed by atoms with Gasteiger partial charge in [-0.3, -0.25) is 4.79 Å². The van der Waals surface area contributed by atoms with Crippen LogP contribution >= 0.6 is 25.0 Å². The molecule has 5 heteroatoms. The van der Waals surface area contributed by atoms with Crippen molar-refractivity contribution in [1.82, 2.24) is 0 Å². The first kappa shape index (κ1) is 18.4. The van der Waals surface area contributed by atoms with Gasteiger partial charge in [0, 0.05) is 4.75 Å². The number of halogens is 1. The second kappa shape index (κ2) is 9.14. The van der Waals surface area contributed by atoms with Crippen molar-refractivity contribution in [2.24, 2.45) is 5.73 Å². The zero-order chi connectivity index (χ0) is 11.9. The van der Waals surface area contributed by atoms with E-state index in [1.807, 2.05) is 0 Å². The molecule has 16 heavy (non-hydrogen) atoms. The smallest absolute Gasteiger partial charge is 0.324 e. The highest BCUT2D eigenvalue weighted by molar-refractivity contribution is 7.81. The molecular weight excluding hydrogens is 246 g/mol. The maximum absolute atomic E-state index is 11.4. The van der Waals surface area contributed by atoms with Crippen LogP contribution in [0.25, 0.3) is 0 Å². The molecule has 0 heterocycles. The molecule has 0 saturated carbocycles. The van der Waals surface area contributed by atoms with Crippen LogP contribution in [-0.4, -0.2) is 23.4 Å². The first-order chi connectivity index (χ1) is 6.89. The summed E-state index contributed by atoms with van der Waals surface area (Å²) < 4.78 is 4.54. The zero-order valence-electron chi connectivity index (χ0n) is 10.4. The molecule has 0 aliphatic rings. The summed E-state index contributed by atoms with van der Waals surface area (Å²) in [4.78, 5) is 11.4. The van der Waals surface area contributed by atoms with E-state index >= 15 is 0 Å². The molecule has 0 rings (SSSR count). The van der Waals surface area contributed by atoms with Gasteiger partial charge in [0.25, 0.3) is 0 Å². The molecule has 0 aromatic rings. The van der Waals surface area contributed by atoms with E-state index < -0.39 is 10.8 Å². The molecule has 98 valence electrons. The fourth-order valence-electron chi connectivity index (χ4n) is 1.08. The third-order valence-corrected chi connectivity index (χ3v) is 2.54. The number of esters is 1. The van der Waals surface area contributed by atoms with E-state index in [2.05, 4.69) is 19.6 Å². The second-order valence-electron chi connectivity index (χ2n) is 4.36. The largest absolute Gasteiger partial charge is 0.464 e. The molecule has 0 radical (unpaired) electrons. The maximum Gasteiger partial charge on any atom is 0.324 e. The van der Waals surface area contributed by atoms with Gasteiger partial charge in [-0.2, -0.15) is 12.6 Å². The lowest BCUT2D eigenvalue weighted by molar-refractivity contribution is -0.145. The van der Waals surface area contributed by atoms with E-state index in [-0.39, 0.29) is 18.4 Å². The van der Waals surface area contributed by atoms with Gasteiger partial charge in [0.1, 0.15) is 6.04 Å². The van der Waals surface area contributed by atoms with E-state index in [1.54, 1.807) is 13.8 Å². The molecular formula is C11H24ClNO2S. The number of thiol groups is 1.